The monoisotopic (exact) mass is 470 g/mol. The van der Waals surface area contributed by atoms with Gasteiger partial charge in [0.1, 0.15) is 25.0 Å². The summed E-state index contributed by atoms with van der Waals surface area (Å²) in [7, 11) is 0. The molecule has 1 aromatic carbocycles. The van der Waals surface area contributed by atoms with E-state index >= 15 is 0 Å². The Kier molecular flexibility index (Phi) is 10.4. The second kappa shape index (κ2) is 13.5. The predicted molar refractivity (Wildman–Crippen MR) is 122 cm³/mol. The highest BCUT2D eigenvalue weighted by atomic mass is 16.6. The number of benzene rings is 1. The van der Waals surface area contributed by atoms with Crippen LogP contribution in [0, 0.1) is 11.8 Å². The molecule has 34 heavy (non-hydrogen) atoms. The lowest BCUT2D eigenvalue weighted by Gasteiger charge is -2.19. The largest absolute Gasteiger partial charge is 0.333 e. The van der Waals surface area contributed by atoms with Crippen molar-refractivity contribution in [2.75, 3.05) is 26.2 Å². The van der Waals surface area contributed by atoms with Gasteiger partial charge in [0.15, 0.2) is 0 Å². The van der Waals surface area contributed by atoms with E-state index in [4.69, 9.17) is 16.3 Å². The molecule has 0 aliphatic heterocycles. The second-order valence-electron chi connectivity index (χ2n) is 7.06. The van der Waals surface area contributed by atoms with E-state index in [9.17, 15) is 24.0 Å². The number of hydrogen-bond acceptors (Lipinski definition) is 8. The van der Waals surface area contributed by atoms with Crippen LogP contribution in [0.1, 0.15) is 23.6 Å². The minimum absolute atomic E-state index is 0.00137. The lowest BCUT2D eigenvalue weighted by Crippen LogP contribution is -2.41. The molecular weight excluding hydrogens is 444 g/mol. The van der Waals surface area contributed by atoms with E-state index in [1.807, 2.05) is 30.3 Å². The van der Waals surface area contributed by atoms with Gasteiger partial charge in [-0.15, -0.1) is 0 Å². The molecule has 1 unspecified atom stereocenters. The molecule has 12 nitrogen and oxygen atoms in total. The number of rotatable bonds is 11. The molecule has 0 fully saturated rings. The number of carbonyl (C=O) groups is 3. The molecular formula is C22H26N6O6. The first kappa shape index (κ1) is 26.2. The number of nitrogens with one attached hydrogen (secondary N) is 2. The number of carbonyl (C=O) groups excluding carboxylic acids is 3. The number of aromatic nitrogens is 2. The average Bonchev–Trinajstić information content (AvgIpc) is 2.81. The molecule has 6 N–H and O–H groups in total. The molecule has 1 atom stereocenters. The Morgan fingerprint density at radius 2 is 2.00 bits per heavy atom. The van der Waals surface area contributed by atoms with Gasteiger partial charge in [-0.1, -0.05) is 42.2 Å². The number of amides is 2. The quantitative estimate of drug-likeness (QED) is 0.126. The molecule has 0 bridgehead atoms. The Hall–Kier alpha value is -4.05. The Morgan fingerprint density at radius 1 is 1.26 bits per heavy atom. The third kappa shape index (κ3) is 8.14. The minimum Gasteiger partial charge on any atom is -0.333 e. The maximum atomic E-state index is 12.3. The van der Waals surface area contributed by atoms with Gasteiger partial charge in [0.05, 0.1) is 6.54 Å². The summed E-state index contributed by atoms with van der Waals surface area (Å²) in [6.45, 7) is -0.535. The van der Waals surface area contributed by atoms with Crippen LogP contribution < -0.4 is 28.2 Å². The smallest absolute Gasteiger partial charge is 0.328 e. The summed E-state index contributed by atoms with van der Waals surface area (Å²) in [5.41, 5.74) is 12.8. The highest BCUT2D eigenvalue weighted by Gasteiger charge is 2.15. The first-order chi connectivity index (χ1) is 16.3. The van der Waals surface area contributed by atoms with E-state index in [-0.39, 0.29) is 38.2 Å². The average molecular weight is 470 g/mol. The van der Waals surface area contributed by atoms with Crippen LogP contribution in [0.4, 0.5) is 0 Å². The van der Waals surface area contributed by atoms with Crippen LogP contribution in [-0.4, -0.2) is 58.8 Å². The summed E-state index contributed by atoms with van der Waals surface area (Å²) in [6.07, 6.45) is 1.68. The molecule has 1 aromatic heterocycles. The number of hydroxylamine groups is 1. The van der Waals surface area contributed by atoms with Crippen molar-refractivity contribution in [3.05, 3.63) is 68.5 Å². The molecule has 0 saturated carbocycles. The van der Waals surface area contributed by atoms with Gasteiger partial charge >= 0.3 is 5.69 Å². The number of nitrogens with zero attached hydrogens (tertiary/aromatic N) is 2. The van der Waals surface area contributed by atoms with Crippen molar-refractivity contribution in [1.29, 1.82) is 0 Å². The molecule has 180 valence electrons. The van der Waals surface area contributed by atoms with Gasteiger partial charge in [-0.2, -0.15) is 0 Å². The van der Waals surface area contributed by atoms with Crippen LogP contribution in [0.15, 0.2) is 46.1 Å². The zero-order chi connectivity index (χ0) is 24.9. The Labute approximate surface area is 194 Å². The number of hydrogen-bond donors (Lipinski definition) is 4. The first-order valence-electron chi connectivity index (χ1n) is 10.3. The van der Waals surface area contributed by atoms with Gasteiger partial charge in [-0.3, -0.25) is 28.8 Å². The molecule has 0 aliphatic carbocycles. The van der Waals surface area contributed by atoms with Crippen LogP contribution in [0.2, 0.25) is 0 Å². The summed E-state index contributed by atoms with van der Waals surface area (Å²) < 4.78 is 0.968. The second-order valence-corrected chi connectivity index (χ2v) is 7.06. The van der Waals surface area contributed by atoms with Crippen molar-refractivity contribution in [3.8, 4) is 11.8 Å². The molecule has 2 aromatic rings. The number of aromatic amines is 1. The van der Waals surface area contributed by atoms with Crippen LogP contribution in [0.25, 0.3) is 0 Å². The van der Waals surface area contributed by atoms with Crippen LogP contribution in [-0.2, 0) is 25.8 Å². The van der Waals surface area contributed by atoms with Crippen LogP contribution in [0.3, 0.4) is 0 Å². The minimum atomic E-state index is -0.805. The fourth-order valence-electron chi connectivity index (χ4n) is 2.87. The number of H-pyrrole nitrogens is 1. The van der Waals surface area contributed by atoms with Gasteiger partial charge in [-0.25, -0.2) is 10.3 Å². The number of aldehydes is 1. The normalized spacial score (nSPS) is 11.1. The topological polar surface area (TPSA) is 183 Å². The standard InChI is InChI=1S/C22H26N6O6/c23-8-9-27(10-11-29)20(31)15-28-14-17(21(32)25-22(28)33)7-4-12-34-26-19(30)13-18(24)16-5-2-1-3-6-16/h1-3,5-6,11,14,18H,8-10,12-13,15,23-24H2,(H,26,30)(H,25,32,33). The van der Waals surface area contributed by atoms with Gasteiger partial charge in [0, 0.05) is 31.7 Å². The molecule has 0 aliphatic rings. The van der Waals surface area contributed by atoms with Crippen LogP contribution in [0.5, 0.6) is 0 Å². The molecule has 0 spiro atoms. The maximum Gasteiger partial charge on any atom is 0.328 e. The highest BCUT2D eigenvalue weighted by molar-refractivity contribution is 5.78. The lowest BCUT2D eigenvalue weighted by molar-refractivity contribution is -0.133. The Balaban J connectivity index is 1.93. The van der Waals surface area contributed by atoms with E-state index in [1.54, 1.807) is 0 Å². The lowest BCUT2D eigenvalue weighted by atomic mass is 10.1. The fourth-order valence-corrected chi connectivity index (χ4v) is 2.87. The van der Waals surface area contributed by atoms with Gasteiger partial charge in [0.2, 0.25) is 11.8 Å². The number of nitrogens with two attached hydrogens (primary N) is 2. The zero-order valence-electron chi connectivity index (χ0n) is 18.4. The Morgan fingerprint density at radius 3 is 2.68 bits per heavy atom. The summed E-state index contributed by atoms with van der Waals surface area (Å²) >= 11 is 0. The van der Waals surface area contributed by atoms with Crippen molar-refractivity contribution < 1.29 is 19.2 Å². The SMILES string of the molecule is NCCN(CC=O)C(=O)Cn1cc(C#CCONC(=O)CC(N)c2ccccc2)c(=O)[nH]c1=O. The van der Waals surface area contributed by atoms with Gasteiger partial charge in [-0.05, 0) is 5.56 Å². The van der Waals surface area contributed by atoms with Gasteiger partial charge in [0.25, 0.3) is 5.56 Å². The summed E-state index contributed by atoms with van der Waals surface area (Å²) in [5, 5.41) is 0. The van der Waals surface area contributed by atoms with Crippen LogP contribution >= 0.6 is 0 Å². The molecule has 0 saturated heterocycles. The first-order valence-corrected chi connectivity index (χ1v) is 10.3. The van der Waals surface area contributed by atoms with Crippen molar-refractivity contribution in [3.63, 3.8) is 0 Å². The summed E-state index contributed by atoms with van der Waals surface area (Å²) in [4.78, 5) is 67.2. The molecule has 2 amide bonds. The van der Waals surface area contributed by atoms with E-state index in [2.05, 4.69) is 22.3 Å². The van der Waals surface area contributed by atoms with E-state index in [0.717, 1.165) is 16.3 Å². The Bertz CT molecular complexity index is 1160. The summed E-state index contributed by atoms with van der Waals surface area (Å²) in [5.74, 6) is 4.09. The van der Waals surface area contributed by atoms with E-state index < -0.39 is 35.6 Å². The van der Waals surface area contributed by atoms with Crippen molar-refractivity contribution in [2.24, 2.45) is 11.5 Å². The predicted octanol–water partition coefficient (Wildman–Crippen LogP) is -1.99. The maximum absolute atomic E-state index is 12.3. The third-order valence-corrected chi connectivity index (χ3v) is 4.55. The van der Waals surface area contributed by atoms with E-state index in [1.165, 1.54) is 4.90 Å². The third-order valence-electron chi connectivity index (χ3n) is 4.55. The van der Waals surface area contributed by atoms with Crippen molar-refractivity contribution in [1.82, 2.24) is 19.9 Å². The molecule has 1 heterocycles. The molecule has 12 heteroatoms. The molecule has 0 radical (unpaired) electrons. The zero-order valence-corrected chi connectivity index (χ0v) is 18.4. The van der Waals surface area contributed by atoms with E-state index in [0.29, 0.717) is 6.29 Å². The van der Waals surface area contributed by atoms with Gasteiger partial charge < -0.3 is 21.2 Å². The fraction of sp³-hybridized carbons (Fsp3) is 0.318. The molecule has 2 rings (SSSR count). The highest BCUT2D eigenvalue weighted by Crippen LogP contribution is 2.12. The van der Waals surface area contributed by atoms with Crippen molar-refractivity contribution >= 4 is 18.1 Å². The van der Waals surface area contributed by atoms with Crippen molar-refractivity contribution in [2.45, 2.75) is 19.0 Å². The summed E-state index contributed by atoms with van der Waals surface area (Å²) in [6, 6.07) is 8.62.